The highest BCUT2D eigenvalue weighted by Crippen LogP contribution is 2.22. The number of amides is 1. The maximum atomic E-state index is 12.5. The zero-order valence-electron chi connectivity index (χ0n) is 13.3. The SMILES string of the molecule is CCC(C(=O)O)n1/c(=N/C(=O)c2cccc(Cl)c2)sc2ccccc21. The summed E-state index contributed by atoms with van der Waals surface area (Å²) >= 11 is 7.22. The van der Waals surface area contributed by atoms with Crippen molar-refractivity contribution in [1.82, 2.24) is 4.57 Å². The van der Waals surface area contributed by atoms with Crippen molar-refractivity contribution < 1.29 is 14.7 Å². The lowest BCUT2D eigenvalue weighted by molar-refractivity contribution is -0.140. The summed E-state index contributed by atoms with van der Waals surface area (Å²) in [6.45, 7) is 1.79. The summed E-state index contributed by atoms with van der Waals surface area (Å²) in [5, 5.41) is 10.0. The molecule has 0 bridgehead atoms. The van der Waals surface area contributed by atoms with Gasteiger partial charge in [-0.1, -0.05) is 48.1 Å². The van der Waals surface area contributed by atoms with E-state index in [4.69, 9.17) is 11.6 Å². The first kappa shape index (κ1) is 17.4. The average molecular weight is 375 g/mol. The number of nitrogens with zero attached hydrogens (tertiary/aromatic N) is 2. The number of carbonyl (C=O) groups excluding carboxylic acids is 1. The zero-order valence-corrected chi connectivity index (χ0v) is 14.9. The Labute approximate surface area is 152 Å². The molecule has 0 aliphatic rings. The van der Waals surface area contributed by atoms with Crippen LogP contribution >= 0.6 is 22.9 Å². The number of fused-ring (bicyclic) bond motifs is 1. The fourth-order valence-corrected chi connectivity index (χ4v) is 3.87. The van der Waals surface area contributed by atoms with Crippen molar-refractivity contribution in [2.75, 3.05) is 0 Å². The Bertz CT molecular complexity index is 1020. The third-order valence-corrected chi connectivity index (χ3v) is 5.06. The van der Waals surface area contributed by atoms with Crippen molar-refractivity contribution in [3.63, 3.8) is 0 Å². The van der Waals surface area contributed by atoms with Crippen LogP contribution in [0.3, 0.4) is 0 Å². The van der Waals surface area contributed by atoms with Crippen molar-refractivity contribution >= 4 is 45.0 Å². The first-order valence-corrected chi connectivity index (χ1v) is 8.88. The molecule has 1 heterocycles. The number of aliphatic carboxylic acids is 1. The first-order valence-electron chi connectivity index (χ1n) is 7.68. The minimum absolute atomic E-state index is 0.361. The minimum Gasteiger partial charge on any atom is -0.480 e. The molecule has 1 amide bonds. The number of benzene rings is 2. The summed E-state index contributed by atoms with van der Waals surface area (Å²) < 4.78 is 2.49. The highest BCUT2D eigenvalue weighted by molar-refractivity contribution is 7.16. The molecule has 0 aliphatic heterocycles. The van der Waals surface area contributed by atoms with E-state index in [1.54, 1.807) is 35.8 Å². The van der Waals surface area contributed by atoms with Gasteiger partial charge in [0.2, 0.25) is 0 Å². The van der Waals surface area contributed by atoms with E-state index in [2.05, 4.69) is 4.99 Å². The number of hydrogen-bond donors (Lipinski definition) is 1. The molecule has 0 radical (unpaired) electrons. The van der Waals surface area contributed by atoms with Gasteiger partial charge < -0.3 is 9.67 Å². The topological polar surface area (TPSA) is 71.7 Å². The van der Waals surface area contributed by atoms with Gasteiger partial charge in [0.25, 0.3) is 5.91 Å². The number of hydrogen-bond acceptors (Lipinski definition) is 3. The fourth-order valence-electron chi connectivity index (χ4n) is 2.61. The van der Waals surface area contributed by atoms with Gasteiger partial charge in [0.15, 0.2) is 4.80 Å². The second-order valence-electron chi connectivity index (χ2n) is 5.41. The molecule has 128 valence electrons. The Morgan fingerprint density at radius 3 is 2.68 bits per heavy atom. The van der Waals surface area contributed by atoms with E-state index in [0.717, 1.165) is 10.2 Å². The lowest BCUT2D eigenvalue weighted by atomic mass is 10.2. The molecular formula is C18H15ClN2O3S. The molecule has 1 N–H and O–H groups in total. The number of rotatable bonds is 4. The van der Waals surface area contributed by atoms with Crippen LogP contribution in [-0.4, -0.2) is 21.6 Å². The van der Waals surface area contributed by atoms with Crippen LogP contribution in [0.5, 0.6) is 0 Å². The molecule has 0 aliphatic carbocycles. The predicted octanol–water partition coefficient (Wildman–Crippen LogP) is 4.13. The van der Waals surface area contributed by atoms with Crippen LogP contribution in [0.15, 0.2) is 53.5 Å². The number of aromatic nitrogens is 1. The standard InChI is InChI=1S/C18H15ClN2O3S/c1-2-13(17(23)24)21-14-8-3-4-9-15(14)25-18(21)20-16(22)11-6-5-7-12(19)10-11/h3-10,13H,2H2,1H3,(H,23,24)/b20-18-. The van der Waals surface area contributed by atoms with Crippen molar-refractivity contribution in [2.45, 2.75) is 19.4 Å². The number of thiazole rings is 1. The Kier molecular flexibility index (Phi) is 5.01. The number of carboxylic acids is 1. The van der Waals surface area contributed by atoms with Crippen molar-refractivity contribution in [1.29, 1.82) is 0 Å². The summed E-state index contributed by atoms with van der Waals surface area (Å²) in [7, 11) is 0. The third kappa shape index (κ3) is 3.50. The molecule has 3 aromatic rings. The van der Waals surface area contributed by atoms with E-state index in [9.17, 15) is 14.7 Å². The normalized spacial score (nSPS) is 13.1. The molecule has 0 fully saturated rings. The zero-order chi connectivity index (χ0) is 18.0. The van der Waals surface area contributed by atoms with Gasteiger partial charge in [-0.3, -0.25) is 4.79 Å². The van der Waals surface area contributed by atoms with E-state index >= 15 is 0 Å². The van der Waals surface area contributed by atoms with Gasteiger partial charge >= 0.3 is 5.97 Å². The maximum absolute atomic E-state index is 12.5. The van der Waals surface area contributed by atoms with Gasteiger partial charge in [-0.05, 0) is 36.8 Å². The lowest BCUT2D eigenvalue weighted by Gasteiger charge is -2.13. The summed E-state index contributed by atoms with van der Waals surface area (Å²) in [6.07, 6.45) is 0.384. The Morgan fingerprint density at radius 2 is 2.00 bits per heavy atom. The number of halogens is 1. The average Bonchev–Trinajstić information content (AvgIpc) is 2.93. The Hall–Kier alpha value is -2.44. The van der Waals surface area contributed by atoms with Crippen molar-refractivity contribution in [3.05, 3.63) is 63.9 Å². The maximum Gasteiger partial charge on any atom is 0.326 e. The largest absolute Gasteiger partial charge is 0.480 e. The molecule has 0 saturated carbocycles. The summed E-state index contributed by atoms with van der Waals surface area (Å²) in [6, 6.07) is 13.2. The van der Waals surface area contributed by atoms with Gasteiger partial charge in [-0.25, -0.2) is 4.79 Å². The van der Waals surface area contributed by atoms with Crippen LogP contribution in [-0.2, 0) is 4.79 Å². The molecule has 0 spiro atoms. The number of para-hydroxylation sites is 1. The third-order valence-electron chi connectivity index (χ3n) is 3.78. The van der Waals surface area contributed by atoms with E-state index in [-0.39, 0.29) is 0 Å². The van der Waals surface area contributed by atoms with Crippen LogP contribution in [0.2, 0.25) is 5.02 Å². The molecule has 1 aromatic heterocycles. The predicted molar refractivity (Wildman–Crippen MR) is 98.1 cm³/mol. The molecule has 7 heteroatoms. The molecule has 5 nitrogen and oxygen atoms in total. The molecule has 1 unspecified atom stereocenters. The van der Waals surface area contributed by atoms with E-state index < -0.39 is 17.9 Å². The van der Waals surface area contributed by atoms with Gasteiger partial charge in [0.1, 0.15) is 6.04 Å². The summed E-state index contributed by atoms with van der Waals surface area (Å²) in [5.41, 5.74) is 1.11. The molecular weight excluding hydrogens is 360 g/mol. The van der Waals surface area contributed by atoms with Crippen LogP contribution in [0.4, 0.5) is 0 Å². The van der Waals surface area contributed by atoms with Crippen LogP contribution in [0, 0.1) is 0 Å². The molecule has 2 aromatic carbocycles. The van der Waals surface area contributed by atoms with Crippen LogP contribution in [0.1, 0.15) is 29.7 Å². The van der Waals surface area contributed by atoms with E-state index in [0.29, 0.717) is 21.8 Å². The molecule has 25 heavy (non-hydrogen) atoms. The number of carboxylic acid groups (broad SMARTS) is 1. The van der Waals surface area contributed by atoms with Gasteiger partial charge in [-0.2, -0.15) is 4.99 Å². The minimum atomic E-state index is -0.956. The van der Waals surface area contributed by atoms with Gasteiger partial charge in [0.05, 0.1) is 10.2 Å². The fraction of sp³-hybridized carbons (Fsp3) is 0.167. The van der Waals surface area contributed by atoms with Crippen molar-refractivity contribution in [2.24, 2.45) is 4.99 Å². The molecule has 1 atom stereocenters. The van der Waals surface area contributed by atoms with Gasteiger partial charge in [0, 0.05) is 10.6 Å². The van der Waals surface area contributed by atoms with Crippen LogP contribution < -0.4 is 4.80 Å². The first-order chi connectivity index (χ1) is 12.0. The quantitative estimate of drug-likeness (QED) is 0.746. The Balaban J connectivity index is 2.21. The summed E-state index contributed by atoms with van der Waals surface area (Å²) in [5.74, 6) is -1.41. The smallest absolute Gasteiger partial charge is 0.326 e. The lowest BCUT2D eigenvalue weighted by Crippen LogP contribution is -2.27. The van der Waals surface area contributed by atoms with Crippen LogP contribution in [0.25, 0.3) is 10.2 Å². The molecule has 0 saturated heterocycles. The highest BCUT2D eigenvalue weighted by Gasteiger charge is 2.22. The Morgan fingerprint density at radius 1 is 1.24 bits per heavy atom. The molecule has 3 rings (SSSR count). The van der Waals surface area contributed by atoms with E-state index in [1.807, 2.05) is 24.3 Å². The highest BCUT2D eigenvalue weighted by atomic mass is 35.5. The number of carbonyl (C=O) groups is 2. The van der Waals surface area contributed by atoms with Gasteiger partial charge in [-0.15, -0.1) is 0 Å². The van der Waals surface area contributed by atoms with Crippen molar-refractivity contribution in [3.8, 4) is 0 Å². The second kappa shape index (κ2) is 7.21. The second-order valence-corrected chi connectivity index (χ2v) is 6.86. The van der Waals surface area contributed by atoms with E-state index in [1.165, 1.54) is 11.3 Å². The monoisotopic (exact) mass is 374 g/mol. The summed E-state index contributed by atoms with van der Waals surface area (Å²) in [4.78, 5) is 28.7.